The summed E-state index contributed by atoms with van der Waals surface area (Å²) >= 11 is 7.19. The van der Waals surface area contributed by atoms with Crippen molar-refractivity contribution < 1.29 is 4.42 Å². The van der Waals surface area contributed by atoms with E-state index in [4.69, 9.17) is 21.8 Å². The molecule has 0 aliphatic rings. The molecule has 0 atom stereocenters. The second kappa shape index (κ2) is 5.74. The normalized spacial score (nSPS) is 11.0. The van der Waals surface area contributed by atoms with Crippen LogP contribution in [0.2, 0.25) is 5.15 Å². The molecule has 7 nitrogen and oxygen atoms in total. The van der Waals surface area contributed by atoms with Crippen molar-refractivity contribution >= 4 is 29.3 Å². The zero-order chi connectivity index (χ0) is 14.8. The summed E-state index contributed by atoms with van der Waals surface area (Å²) in [6.45, 7) is 2.70. The molecule has 0 spiro atoms. The molecular weight excluding hydrogens is 312 g/mol. The Hall–Kier alpha value is -2.06. The van der Waals surface area contributed by atoms with Crippen molar-refractivity contribution in [2.24, 2.45) is 0 Å². The van der Waals surface area contributed by atoms with Gasteiger partial charge in [-0.05, 0) is 30.8 Å². The van der Waals surface area contributed by atoms with Gasteiger partial charge in [-0.3, -0.25) is 4.57 Å². The largest absolute Gasteiger partial charge is 0.461 e. The van der Waals surface area contributed by atoms with Gasteiger partial charge in [0.1, 0.15) is 10.2 Å². The molecule has 0 unspecified atom stereocenters. The highest BCUT2D eigenvalue weighted by molar-refractivity contribution is 7.99. The first-order chi connectivity index (χ1) is 10.2. The van der Waals surface area contributed by atoms with E-state index in [0.29, 0.717) is 33.5 Å². The van der Waals surface area contributed by atoms with Crippen LogP contribution >= 0.6 is 23.4 Å². The molecule has 108 valence electrons. The Balaban J connectivity index is 1.96. The van der Waals surface area contributed by atoms with Crippen LogP contribution < -0.4 is 5.73 Å². The van der Waals surface area contributed by atoms with Crippen molar-refractivity contribution in [3.05, 3.63) is 29.6 Å². The van der Waals surface area contributed by atoms with Crippen LogP contribution in [0.25, 0.3) is 11.6 Å². The van der Waals surface area contributed by atoms with E-state index in [0.717, 1.165) is 0 Å². The third-order valence-electron chi connectivity index (χ3n) is 2.66. The first kappa shape index (κ1) is 13.9. The average Bonchev–Trinajstić information content (AvgIpc) is 3.05. The third kappa shape index (κ3) is 2.86. The predicted octanol–water partition coefficient (Wildman–Crippen LogP) is 2.73. The summed E-state index contributed by atoms with van der Waals surface area (Å²) < 4.78 is 7.29. The van der Waals surface area contributed by atoms with Crippen LogP contribution in [0.3, 0.4) is 0 Å². The van der Waals surface area contributed by atoms with Gasteiger partial charge in [0.15, 0.2) is 16.7 Å². The van der Waals surface area contributed by atoms with Crippen molar-refractivity contribution in [1.82, 2.24) is 24.7 Å². The fraction of sp³-hybridized carbons (Fsp3) is 0.167. The predicted molar refractivity (Wildman–Crippen MR) is 79.0 cm³/mol. The fourth-order valence-corrected chi connectivity index (χ4v) is 2.96. The van der Waals surface area contributed by atoms with Crippen LogP contribution in [0.1, 0.15) is 6.92 Å². The Kier molecular flexibility index (Phi) is 3.80. The summed E-state index contributed by atoms with van der Waals surface area (Å²) in [7, 11) is 0. The molecule has 3 heterocycles. The van der Waals surface area contributed by atoms with Gasteiger partial charge < -0.3 is 10.2 Å². The number of anilines is 1. The van der Waals surface area contributed by atoms with Crippen LogP contribution in [0.5, 0.6) is 0 Å². The van der Waals surface area contributed by atoms with Crippen molar-refractivity contribution in [2.75, 3.05) is 5.73 Å². The SMILES string of the molecule is CCn1c(Sc2cc(Cl)nc(N)n2)nnc1-c1ccco1. The highest BCUT2D eigenvalue weighted by atomic mass is 35.5. The van der Waals surface area contributed by atoms with E-state index in [9.17, 15) is 0 Å². The van der Waals surface area contributed by atoms with Crippen LogP contribution in [-0.4, -0.2) is 24.7 Å². The lowest BCUT2D eigenvalue weighted by atomic mass is 10.4. The van der Waals surface area contributed by atoms with E-state index < -0.39 is 0 Å². The molecule has 21 heavy (non-hydrogen) atoms. The maximum atomic E-state index is 5.87. The molecule has 0 aromatic carbocycles. The quantitative estimate of drug-likeness (QED) is 0.738. The zero-order valence-corrected chi connectivity index (χ0v) is 12.6. The van der Waals surface area contributed by atoms with Crippen molar-refractivity contribution in [3.8, 4) is 11.6 Å². The van der Waals surface area contributed by atoms with Gasteiger partial charge in [-0.25, -0.2) is 9.97 Å². The fourth-order valence-electron chi connectivity index (χ4n) is 1.80. The Labute approximate surface area is 129 Å². The molecule has 3 aromatic heterocycles. The van der Waals surface area contributed by atoms with Crippen molar-refractivity contribution in [3.63, 3.8) is 0 Å². The monoisotopic (exact) mass is 322 g/mol. The lowest BCUT2D eigenvalue weighted by Crippen LogP contribution is -2.00. The second-order valence-electron chi connectivity index (χ2n) is 4.02. The average molecular weight is 323 g/mol. The summed E-state index contributed by atoms with van der Waals surface area (Å²) in [5, 5.41) is 9.91. The number of halogens is 1. The molecule has 0 saturated carbocycles. The number of nitrogens with two attached hydrogens (primary N) is 1. The number of furan rings is 1. The number of nitrogens with zero attached hydrogens (tertiary/aromatic N) is 5. The third-order valence-corrected chi connectivity index (χ3v) is 3.76. The standard InChI is InChI=1S/C12H11ClN6OS/c1-2-19-10(7-4-3-5-20-7)17-18-12(19)21-9-6-8(13)15-11(14)16-9/h3-6H,2H2,1H3,(H2,14,15,16). The second-order valence-corrected chi connectivity index (χ2v) is 5.39. The summed E-state index contributed by atoms with van der Waals surface area (Å²) in [6, 6.07) is 5.27. The minimum Gasteiger partial charge on any atom is -0.461 e. The van der Waals surface area contributed by atoms with Gasteiger partial charge in [0, 0.05) is 12.6 Å². The number of hydrogen-bond acceptors (Lipinski definition) is 7. The lowest BCUT2D eigenvalue weighted by molar-refractivity contribution is 0.567. The minimum absolute atomic E-state index is 0.124. The molecule has 2 N–H and O–H groups in total. The maximum absolute atomic E-state index is 5.87. The molecule has 0 fully saturated rings. The van der Waals surface area contributed by atoms with Crippen LogP contribution in [-0.2, 0) is 6.54 Å². The van der Waals surface area contributed by atoms with Gasteiger partial charge in [0.2, 0.25) is 5.95 Å². The first-order valence-corrected chi connectivity index (χ1v) is 7.32. The van der Waals surface area contributed by atoms with Crippen LogP contribution in [0.15, 0.2) is 39.1 Å². The molecule has 0 bridgehead atoms. The van der Waals surface area contributed by atoms with Gasteiger partial charge in [0.25, 0.3) is 0 Å². The summed E-state index contributed by atoms with van der Waals surface area (Å²) in [6.07, 6.45) is 1.60. The van der Waals surface area contributed by atoms with E-state index in [-0.39, 0.29) is 5.95 Å². The molecule has 0 radical (unpaired) electrons. The van der Waals surface area contributed by atoms with E-state index in [1.54, 1.807) is 12.3 Å². The molecule has 9 heteroatoms. The minimum atomic E-state index is 0.124. The Morgan fingerprint density at radius 3 is 2.90 bits per heavy atom. The Morgan fingerprint density at radius 2 is 2.24 bits per heavy atom. The summed E-state index contributed by atoms with van der Waals surface area (Å²) in [5.41, 5.74) is 5.59. The number of rotatable bonds is 4. The van der Waals surface area contributed by atoms with Crippen LogP contribution in [0, 0.1) is 0 Å². The van der Waals surface area contributed by atoms with E-state index in [1.807, 2.05) is 23.6 Å². The Morgan fingerprint density at radius 1 is 1.38 bits per heavy atom. The maximum Gasteiger partial charge on any atom is 0.222 e. The van der Waals surface area contributed by atoms with E-state index >= 15 is 0 Å². The van der Waals surface area contributed by atoms with Crippen molar-refractivity contribution in [1.29, 1.82) is 0 Å². The van der Waals surface area contributed by atoms with E-state index in [1.165, 1.54) is 11.8 Å². The summed E-state index contributed by atoms with van der Waals surface area (Å²) in [4.78, 5) is 7.94. The van der Waals surface area contributed by atoms with Gasteiger partial charge >= 0.3 is 0 Å². The number of hydrogen-bond donors (Lipinski definition) is 1. The molecule has 0 aliphatic heterocycles. The number of aromatic nitrogens is 5. The molecular formula is C12H11ClN6OS. The van der Waals surface area contributed by atoms with Gasteiger partial charge in [-0.2, -0.15) is 0 Å². The molecule has 3 aromatic rings. The Bertz CT molecular complexity index is 737. The van der Waals surface area contributed by atoms with Gasteiger partial charge in [0.05, 0.1) is 6.26 Å². The highest BCUT2D eigenvalue weighted by Gasteiger charge is 2.16. The molecule has 0 aliphatic carbocycles. The smallest absolute Gasteiger partial charge is 0.222 e. The number of nitrogen functional groups attached to an aromatic ring is 1. The molecule has 3 rings (SSSR count). The van der Waals surface area contributed by atoms with Crippen molar-refractivity contribution in [2.45, 2.75) is 23.7 Å². The van der Waals surface area contributed by atoms with E-state index in [2.05, 4.69) is 20.2 Å². The lowest BCUT2D eigenvalue weighted by Gasteiger charge is -2.05. The highest BCUT2D eigenvalue weighted by Crippen LogP contribution is 2.29. The first-order valence-electron chi connectivity index (χ1n) is 6.12. The van der Waals surface area contributed by atoms with Gasteiger partial charge in [-0.1, -0.05) is 11.6 Å². The molecule has 0 amide bonds. The zero-order valence-electron chi connectivity index (χ0n) is 11.0. The topological polar surface area (TPSA) is 95.7 Å². The van der Waals surface area contributed by atoms with Gasteiger partial charge in [-0.15, -0.1) is 10.2 Å². The van der Waals surface area contributed by atoms with Crippen LogP contribution in [0.4, 0.5) is 5.95 Å². The summed E-state index contributed by atoms with van der Waals surface area (Å²) in [5.74, 6) is 1.45. The molecule has 0 saturated heterocycles.